The number of carbonyl (C=O) groups excluding carboxylic acids is 3. The number of hydrazone groups is 1. The van der Waals surface area contributed by atoms with Crippen LogP contribution in [0.2, 0.25) is 5.02 Å². The van der Waals surface area contributed by atoms with Crippen molar-refractivity contribution in [3.05, 3.63) is 94.5 Å². The molecule has 2 N–H and O–H groups in total. The summed E-state index contributed by atoms with van der Waals surface area (Å²) < 4.78 is 5.29. The third-order valence-corrected chi connectivity index (χ3v) is 4.28. The van der Waals surface area contributed by atoms with Crippen LogP contribution in [0.4, 0.5) is 5.69 Å². The highest BCUT2D eigenvalue weighted by molar-refractivity contribution is 6.39. The maximum Gasteiger partial charge on any atom is 0.343 e. The summed E-state index contributed by atoms with van der Waals surface area (Å²) in [5.41, 5.74) is 4.65. The Morgan fingerprint density at radius 3 is 2.32 bits per heavy atom. The first-order valence-corrected chi connectivity index (χ1v) is 9.57. The first-order chi connectivity index (χ1) is 14.9. The number of halogens is 1. The lowest BCUT2D eigenvalue weighted by Crippen LogP contribution is -2.32. The molecule has 3 aromatic carbocycles. The minimum absolute atomic E-state index is 0.346. The van der Waals surface area contributed by atoms with E-state index in [1.165, 1.54) is 6.21 Å². The molecule has 0 aliphatic heterocycles. The van der Waals surface area contributed by atoms with Crippen LogP contribution in [-0.2, 0) is 9.59 Å². The van der Waals surface area contributed by atoms with Crippen molar-refractivity contribution < 1.29 is 19.1 Å². The van der Waals surface area contributed by atoms with Crippen molar-refractivity contribution in [2.24, 2.45) is 5.10 Å². The molecule has 0 aliphatic carbocycles. The van der Waals surface area contributed by atoms with Crippen molar-refractivity contribution in [2.75, 3.05) is 5.32 Å². The van der Waals surface area contributed by atoms with Gasteiger partial charge in [-0.15, -0.1) is 0 Å². The maximum absolute atomic E-state index is 12.1. The standard InChI is InChI=1S/C23H18ClN3O4/c1-15-3-2-4-19(13-15)26-21(28)22(29)27-25-14-16-5-11-20(12-6-16)31-23(30)17-7-9-18(24)10-8-17/h2-14H,1H3,(H,26,28)(H,27,29)/b25-14-. The lowest BCUT2D eigenvalue weighted by atomic mass is 10.2. The molecule has 0 bridgehead atoms. The number of nitrogens with one attached hydrogen (secondary N) is 2. The third-order valence-electron chi connectivity index (χ3n) is 4.03. The molecule has 0 radical (unpaired) electrons. The van der Waals surface area contributed by atoms with Gasteiger partial charge in [0, 0.05) is 10.7 Å². The van der Waals surface area contributed by atoms with E-state index in [4.69, 9.17) is 16.3 Å². The van der Waals surface area contributed by atoms with Gasteiger partial charge < -0.3 is 10.1 Å². The number of ether oxygens (including phenoxy) is 1. The molecule has 0 saturated carbocycles. The first-order valence-electron chi connectivity index (χ1n) is 9.19. The van der Waals surface area contributed by atoms with Crippen molar-refractivity contribution in [3.63, 3.8) is 0 Å². The van der Waals surface area contributed by atoms with Gasteiger partial charge in [-0.3, -0.25) is 9.59 Å². The number of hydrogen-bond acceptors (Lipinski definition) is 5. The van der Waals surface area contributed by atoms with E-state index in [-0.39, 0.29) is 0 Å². The number of carbonyl (C=O) groups is 3. The monoisotopic (exact) mass is 435 g/mol. The Bertz CT molecular complexity index is 1130. The quantitative estimate of drug-likeness (QED) is 0.208. The van der Waals surface area contributed by atoms with Gasteiger partial charge in [-0.05, 0) is 78.7 Å². The van der Waals surface area contributed by atoms with Crippen LogP contribution in [-0.4, -0.2) is 24.0 Å². The van der Waals surface area contributed by atoms with Crippen molar-refractivity contribution in [3.8, 4) is 5.75 Å². The van der Waals surface area contributed by atoms with Crippen LogP contribution in [0.3, 0.4) is 0 Å². The molecule has 156 valence electrons. The minimum Gasteiger partial charge on any atom is -0.423 e. The van der Waals surface area contributed by atoms with Crippen LogP contribution in [0.25, 0.3) is 0 Å². The van der Waals surface area contributed by atoms with Gasteiger partial charge in [0.05, 0.1) is 11.8 Å². The molecule has 0 heterocycles. The lowest BCUT2D eigenvalue weighted by molar-refractivity contribution is -0.136. The average Bonchev–Trinajstić information content (AvgIpc) is 2.75. The van der Waals surface area contributed by atoms with Crippen LogP contribution in [0.15, 0.2) is 77.9 Å². The molecule has 0 atom stereocenters. The molecule has 0 unspecified atom stereocenters. The van der Waals surface area contributed by atoms with Crippen LogP contribution in [0.5, 0.6) is 5.75 Å². The van der Waals surface area contributed by atoms with E-state index in [1.807, 2.05) is 13.0 Å². The topological polar surface area (TPSA) is 96.9 Å². The molecule has 0 fully saturated rings. The van der Waals surface area contributed by atoms with Crippen molar-refractivity contribution in [2.45, 2.75) is 6.92 Å². The zero-order valence-electron chi connectivity index (χ0n) is 16.5. The predicted octanol–water partition coefficient (Wildman–Crippen LogP) is 3.96. The first kappa shape index (κ1) is 21.7. The second-order valence-electron chi connectivity index (χ2n) is 6.49. The zero-order valence-corrected chi connectivity index (χ0v) is 17.2. The molecular weight excluding hydrogens is 418 g/mol. The largest absolute Gasteiger partial charge is 0.423 e. The second-order valence-corrected chi connectivity index (χ2v) is 6.92. The highest BCUT2D eigenvalue weighted by Gasteiger charge is 2.13. The Balaban J connectivity index is 1.50. The van der Waals surface area contributed by atoms with Gasteiger partial charge in [0.2, 0.25) is 0 Å². The number of hydrogen-bond donors (Lipinski definition) is 2. The fourth-order valence-corrected chi connectivity index (χ4v) is 2.63. The van der Waals surface area contributed by atoms with Gasteiger partial charge in [0.1, 0.15) is 5.75 Å². The van der Waals surface area contributed by atoms with Crippen LogP contribution in [0.1, 0.15) is 21.5 Å². The lowest BCUT2D eigenvalue weighted by Gasteiger charge is -2.05. The van der Waals surface area contributed by atoms with E-state index in [2.05, 4.69) is 15.8 Å². The van der Waals surface area contributed by atoms with E-state index in [0.717, 1.165) is 5.56 Å². The molecule has 3 aromatic rings. The number of rotatable bonds is 5. The van der Waals surface area contributed by atoms with Crippen molar-refractivity contribution >= 4 is 41.3 Å². The van der Waals surface area contributed by atoms with Gasteiger partial charge in [-0.2, -0.15) is 5.10 Å². The fourth-order valence-electron chi connectivity index (χ4n) is 2.50. The van der Waals surface area contributed by atoms with Crippen molar-refractivity contribution in [1.82, 2.24) is 5.43 Å². The maximum atomic E-state index is 12.1. The van der Waals surface area contributed by atoms with Crippen LogP contribution in [0, 0.1) is 6.92 Å². The minimum atomic E-state index is -0.897. The summed E-state index contributed by atoms with van der Waals surface area (Å²) in [4.78, 5) is 35.8. The molecule has 0 aliphatic rings. The molecule has 7 nitrogen and oxygen atoms in total. The number of aryl methyl sites for hydroxylation is 1. The van der Waals surface area contributed by atoms with E-state index in [1.54, 1.807) is 66.7 Å². The zero-order chi connectivity index (χ0) is 22.2. The molecule has 0 spiro atoms. The highest BCUT2D eigenvalue weighted by atomic mass is 35.5. The summed E-state index contributed by atoms with van der Waals surface area (Å²) in [7, 11) is 0. The molecular formula is C23H18ClN3O4. The van der Waals surface area contributed by atoms with Crippen molar-refractivity contribution in [1.29, 1.82) is 0 Å². The smallest absolute Gasteiger partial charge is 0.343 e. The summed E-state index contributed by atoms with van der Waals surface area (Å²) in [6, 6.07) is 19.9. The summed E-state index contributed by atoms with van der Waals surface area (Å²) >= 11 is 5.80. The number of anilines is 1. The number of amides is 2. The Labute approximate surface area is 183 Å². The average molecular weight is 436 g/mol. The number of esters is 1. The molecule has 31 heavy (non-hydrogen) atoms. The van der Waals surface area contributed by atoms with Crippen LogP contribution < -0.4 is 15.5 Å². The summed E-state index contributed by atoms with van der Waals surface area (Å²) in [5, 5.41) is 6.78. The van der Waals surface area contributed by atoms with Crippen LogP contribution >= 0.6 is 11.6 Å². The Morgan fingerprint density at radius 2 is 1.65 bits per heavy atom. The van der Waals surface area contributed by atoms with Gasteiger partial charge >= 0.3 is 17.8 Å². The number of nitrogens with zero attached hydrogens (tertiary/aromatic N) is 1. The second kappa shape index (κ2) is 10.2. The van der Waals surface area contributed by atoms with Gasteiger partial charge in [-0.1, -0.05) is 23.7 Å². The third kappa shape index (κ3) is 6.52. The van der Waals surface area contributed by atoms with Gasteiger partial charge in [0.15, 0.2) is 0 Å². The Morgan fingerprint density at radius 1 is 0.935 bits per heavy atom. The molecule has 8 heteroatoms. The van der Waals surface area contributed by atoms with E-state index in [0.29, 0.717) is 27.6 Å². The fraction of sp³-hybridized carbons (Fsp3) is 0.0435. The Hall–Kier alpha value is -3.97. The molecule has 2 amide bonds. The van der Waals surface area contributed by atoms with E-state index in [9.17, 15) is 14.4 Å². The molecule has 0 aromatic heterocycles. The van der Waals surface area contributed by atoms with Gasteiger partial charge in [-0.25, -0.2) is 10.2 Å². The number of benzene rings is 3. The summed E-state index contributed by atoms with van der Waals surface area (Å²) in [6.45, 7) is 1.88. The predicted molar refractivity (Wildman–Crippen MR) is 118 cm³/mol. The van der Waals surface area contributed by atoms with E-state index < -0.39 is 17.8 Å². The normalized spacial score (nSPS) is 10.5. The van der Waals surface area contributed by atoms with Gasteiger partial charge in [0.25, 0.3) is 0 Å². The molecule has 0 saturated heterocycles. The Kier molecular flexibility index (Phi) is 7.13. The highest BCUT2D eigenvalue weighted by Crippen LogP contribution is 2.15. The summed E-state index contributed by atoms with van der Waals surface area (Å²) in [5.74, 6) is -1.89. The molecule has 3 rings (SSSR count). The summed E-state index contributed by atoms with van der Waals surface area (Å²) in [6.07, 6.45) is 1.36. The SMILES string of the molecule is Cc1cccc(NC(=O)C(=O)N/N=C\c2ccc(OC(=O)c3ccc(Cl)cc3)cc2)c1. The van der Waals surface area contributed by atoms with E-state index >= 15 is 0 Å².